The first kappa shape index (κ1) is 18.5. The van der Waals surface area contributed by atoms with Crippen LogP contribution in [0.2, 0.25) is 0 Å². The molecule has 0 aliphatic carbocycles. The number of benzene rings is 1. The number of carbonyl (C=O) groups is 1. The molecule has 0 aliphatic rings. The van der Waals surface area contributed by atoms with E-state index in [2.05, 4.69) is 35.9 Å². The fourth-order valence-corrected chi connectivity index (χ4v) is 3.52. The van der Waals surface area contributed by atoms with Gasteiger partial charge in [-0.25, -0.2) is 0 Å². The fourth-order valence-electron chi connectivity index (χ4n) is 1.99. The Morgan fingerprint density at radius 1 is 1.46 bits per heavy atom. The van der Waals surface area contributed by atoms with Crippen LogP contribution in [-0.2, 0) is 4.79 Å². The molecule has 0 radical (unpaired) electrons. The van der Waals surface area contributed by atoms with Crippen LogP contribution in [0.15, 0.2) is 35.2 Å². The van der Waals surface area contributed by atoms with Crippen LogP contribution >= 0.6 is 23.1 Å². The second-order valence-corrected chi connectivity index (χ2v) is 7.75. The van der Waals surface area contributed by atoms with E-state index < -0.39 is 0 Å². The normalized spacial score (nSPS) is 10.7. The number of rotatable bonds is 8. The number of aromatic nitrogens is 2. The summed E-state index contributed by atoms with van der Waals surface area (Å²) in [7, 11) is 0. The molecule has 0 spiro atoms. The van der Waals surface area contributed by atoms with E-state index in [0.29, 0.717) is 11.0 Å². The van der Waals surface area contributed by atoms with Crippen molar-refractivity contribution < 1.29 is 9.53 Å². The number of amides is 1. The van der Waals surface area contributed by atoms with Crippen LogP contribution in [0, 0.1) is 6.92 Å². The van der Waals surface area contributed by atoms with Gasteiger partial charge in [-0.3, -0.25) is 10.1 Å². The Bertz CT molecular complexity index is 714. The molecule has 0 saturated heterocycles. The third-order valence-corrected chi connectivity index (χ3v) is 5.10. The van der Waals surface area contributed by atoms with Crippen molar-refractivity contribution in [3.05, 3.63) is 42.0 Å². The van der Waals surface area contributed by atoms with Crippen molar-refractivity contribution in [3.63, 3.8) is 0 Å². The predicted octanol–water partition coefficient (Wildman–Crippen LogP) is 4.27. The highest BCUT2D eigenvalue weighted by atomic mass is 32.2. The van der Waals surface area contributed by atoms with Gasteiger partial charge >= 0.3 is 0 Å². The lowest BCUT2D eigenvalue weighted by Crippen LogP contribution is -2.20. The zero-order valence-corrected chi connectivity index (χ0v) is 15.7. The number of aryl methyl sites for hydroxylation is 1. The minimum atomic E-state index is -0.248. The average molecular weight is 364 g/mol. The van der Waals surface area contributed by atoms with Gasteiger partial charge in [0.05, 0.1) is 0 Å². The molecule has 24 heavy (non-hydrogen) atoms. The molecule has 0 aliphatic heterocycles. The predicted molar refractivity (Wildman–Crippen MR) is 100 cm³/mol. The summed E-state index contributed by atoms with van der Waals surface area (Å²) in [4.78, 5) is 12.1. The largest absolute Gasteiger partial charge is 0.483 e. The maximum atomic E-state index is 12.1. The molecule has 0 saturated carbocycles. The van der Waals surface area contributed by atoms with Gasteiger partial charge in [-0.1, -0.05) is 55.2 Å². The van der Waals surface area contributed by atoms with Gasteiger partial charge in [-0.2, -0.15) is 0 Å². The Balaban J connectivity index is 1.92. The molecule has 5 nitrogen and oxygen atoms in total. The summed E-state index contributed by atoms with van der Waals surface area (Å²) in [5.74, 6) is 1.59. The first-order valence-corrected chi connectivity index (χ1v) is 9.40. The van der Waals surface area contributed by atoms with Gasteiger partial charge in [0, 0.05) is 5.75 Å². The first-order valence-electron chi connectivity index (χ1n) is 7.60. The number of nitrogens with zero attached hydrogens (tertiary/aromatic N) is 2. The van der Waals surface area contributed by atoms with Crippen molar-refractivity contribution in [1.82, 2.24) is 10.2 Å². The number of ether oxygens (including phenoxy) is 1. The highest BCUT2D eigenvalue weighted by Crippen LogP contribution is 2.28. The van der Waals surface area contributed by atoms with Gasteiger partial charge in [0.1, 0.15) is 5.75 Å². The second-order valence-electron chi connectivity index (χ2n) is 5.51. The van der Waals surface area contributed by atoms with Gasteiger partial charge in [0.15, 0.2) is 10.9 Å². The Labute approximate surface area is 150 Å². The Morgan fingerprint density at radius 2 is 2.25 bits per heavy atom. The van der Waals surface area contributed by atoms with Crippen LogP contribution in [-0.4, -0.2) is 28.5 Å². The minimum absolute atomic E-state index is 0.0577. The zero-order chi connectivity index (χ0) is 17.5. The minimum Gasteiger partial charge on any atom is -0.483 e. The molecule has 7 heteroatoms. The third-order valence-electron chi connectivity index (χ3n) is 3.13. The summed E-state index contributed by atoms with van der Waals surface area (Å²) in [6.07, 6.45) is 1.80. The van der Waals surface area contributed by atoms with Gasteiger partial charge in [0.2, 0.25) is 5.13 Å². The second kappa shape index (κ2) is 8.84. The van der Waals surface area contributed by atoms with Gasteiger partial charge in [0.25, 0.3) is 5.91 Å². The highest BCUT2D eigenvalue weighted by molar-refractivity contribution is 8.01. The monoisotopic (exact) mass is 363 g/mol. The third kappa shape index (κ3) is 5.35. The van der Waals surface area contributed by atoms with E-state index in [1.54, 1.807) is 6.08 Å². The lowest BCUT2D eigenvalue weighted by atomic mass is 10.0. The van der Waals surface area contributed by atoms with E-state index in [1.165, 1.54) is 23.1 Å². The standard InChI is InChI=1S/C17H21N3O2S2/c1-5-8-23-17-20-19-16(24-17)18-15(21)10-22-14-9-12(4)6-7-13(14)11(2)3/h5-7,9,11H,1,8,10H2,2-4H3,(H,18,19,21). The molecule has 128 valence electrons. The smallest absolute Gasteiger partial charge is 0.264 e. The number of hydrogen-bond acceptors (Lipinski definition) is 6. The molecule has 1 N–H and O–H groups in total. The lowest BCUT2D eigenvalue weighted by molar-refractivity contribution is -0.118. The van der Waals surface area contributed by atoms with Crippen molar-refractivity contribution in [3.8, 4) is 5.75 Å². The number of nitrogens with one attached hydrogen (secondary N) is 1. The fraction of sp³-hybridized carbons (Fsp3) is 0.353. The molecule has 0 bridgehead atoms. The molecule has 1 aromatic carbocycles. The molecule has 2 aromatic rings. The van der Waals surface area contributed by atoms with Crippen LogP contribution in [0.1, 0.15) is 30.9 Å². The molecule has 0 atom stereocenters. The molecule has 1 aromatic heterocycles. The van der Waals surface area contributed by atoms with E-state index >= 15 is 0 Å². The van der Waals surface area contributed by atoms with Crippen LogP contribution in [0.3, 0.4) is 0 Å². The number of anilines is 1. The Kier molecular flexibility index (Phi) is 6.81. The summed E-state index contributed by atoms with van der Waals surface area (Å²) < 4.78 is 6.51. The molecule has 1 amide bonds. The molecule has 0 fully saturated rings. The average Bonchev–Trinajstić information content (AvgIpc) is 2.98. The number of carbonyl (C=O) groups excluding carboxylic acids is 1. The van der Waals surface area contributed by atoms with Crippen molar-refractivity contribution in [2.24, 2.45) is 0 Å². The number of hydrogen-bond donors (Lipinski definition) is 1. The van der Waals surface area contributed by atoms with Crippen LogP contribution < -0.4 is 10.1 Å². The summed E-state index contributed by atoms with van der Waals surface area (Å²) >= 11 is 2.87. The van der Waals surface area contributed by atoms with E-state index in [1.807, 2.05) is 25.1 Å². The maximum absolute atomic E-state index is 12.1. The zero-order valence-electron chi connectivity index (χ0n) is 14.0. The Morgan fingerprint density at radius 3 is 2.96 bits per heavy atom. The van der Waals surface area contributed by atoms with Crippen molar-refractivity contribution >= 4 is 34.1 Å². The summed E-state index contributed by atoms with van der Waals surface area (Å²) in [5, 5.41) is 11.1. The summed E-state index contributed by atoms with van der Waals surface area (Å²) in [6.45, 7) is 9.80. The van der Waals surface area contributed by atoms with Crippen molar-refractivity contribution in [2.75, 3.05) is 17.7 Å². The van der Waals surface area contributed by atoms with E-state index in [0.717, 1.165) is 27.0 Å². The topological polar surface area (TPSA) is 64.1 Å². The van der Waals surface area contributed by atoms with E-state index in [9.17, 15) is 4.79 Å². The number of thioether (sulfide) groups is 1. The quantitative estimate of drug-likeness (QED) is 0.431. The van der Waals surface area contributed by atoms with Gasteiger partial charge in [-0.05, 0) is 30.0 Å². The van der Waals surface area contributed by atoms with Crippen LogP contribution in [0.25, 0.3) is 0 Å². The van der Waals surface area contributed by atoms with E-state index in [4.69, 9.17) is 4.74 Å². The molecule has 0 unspecified atom stereocenters. The van der Waals surface area contributed by atoms with Crippen molar-refractivity contribution in [1.29, 1.82) is 0 Å². The highest BCUT2D eigenvalue weighted by Gasteiger charge is 2.12. The van der Waals surface area contributed by atoms with Crippen LogP contribution in [0.5, 0.6) is 5.75 Å². The molecule has 1 heterocycles. The van der Waals surface area contributed by atoms with E-state index in [-0.39, 0.29) is 12.5 Å². The van der Waals surface area contributed by atoms with Crippen LogP contribution in [0.4, 0.5) is 5.13 Å². The van der Waals surface area contributed by atoms with Gasteiger partial charge in [-0.15, -0.1) is 16.8 Å². The summed E-state index contributed by atoms with van der Waals surface area (Å²) in [5.41, 5.74) is 2.19. The van der Waals surface area contributed by atoms with Crippen molar-refractivity contribution in [2.45, 2.75) is 31.0 Å². The molecular formula is C17H21N3O2S2. The summed E-state index contributed by atoms with van der Waals surface area (Å²) in [6, 6.07) is 6.05. The maximum Gasteiger partial charge on any atom is 0.264 e. The lowest BCUT2D eigenvalue weighted by Gasteiger charge is -2.14. The van der Waals surface area contributed by atoms with Gasteiger partial charge < -0.3 is 4.74 Å². The SMILES string of the molecule is C=CCSc1nnc(NC(=O)COc2cc(C)ccc2C(C)C)s1. The molecule has 2 rings (SSSR count). The first-order chi connectivity index (χ1) is 11.5. The Hall–Kier alpha value is -1.86. The molecular weight excluding hydrogens is 342 g/mol.